The molecule has 2 rings (SSSR count). The normalized spacial score (nSPS) is 18.5. The first kappa shape index (κ1) is 13.6. The van der Waals surface area contributed by atoms with Crippen LogP contribution in [0.15, 0.2) is 12.4 Å². The fourth-order valence-electron chi connectivity index (χ4n) is 2.64. The molecule has 0 spiro atoms. The fourth-order valence-corrected chi connectivity index (χ4v) is 2.64. The lowest BCUT2D eigenvalue weighted by atomic mass is 9.97. The van der Waals surface area contributed by atoms with Crippen molar-refractivity contribution in [3.8, 4) is 0 Å². The van der Waals surface area contributed by atoms with E-state index < -0.39 is 0 Å². The molecule has 1 saturated carbocycles. The summed E-state index contributed by atoms with van der Waals surface area (Å²) in [5.41, 5.74) is 1.21. The number of hydrogen-bond donors (Lipinski definition) is 2. The van der Waals surface area contributed by atoms with Gasteiger partial charge in [-0.1, -0.05) is 32.1 Å². The second-order valence-corrected chi connectivity index (χ2v) is 5.26. The standard InChI is InChI=1S/C14H25N3O/c18-9-8-17-12-13(11-16-17)10-15-14-6-4-2-1-3-5-7-14/h11-12,14-15,18H,1-10H2. The Morgan fingerprint density at radius 1 is 1.22 bits per heavy atom. The molecule has 0 bridgehead atoms. The first-order valence-corrected chi connectivity index (χ1v) is 7.24. The lowest BCUT2D eigenvalue weighted by Crippen LogP contribution is -2.29. The molecule has 0 radical (unpaired) electrons. The number of hydrogen-bond acceptors (Lipinski definition) is 3. The monoisotopic (exact) mass is 251 g/mol. The maximum atomic E-state index is 8.84. The molecule has 1 aromatic heterocycles. The molecule has 4 heteroatoms. The second kappa shape index (κ2) is 7.54. The number of aromatic nitrogens is 2. The van der Waals surface area contributed by atoms with E-state index in [1.165, 1.54) is 50.5 Å². The molecular formula is C14H25N3O. The summed E-state index contributed by atoms with van der Waals surface area (Å²) in [5.74, 6) is 0. The first-order valence-electron chi connectivity index (χ1n) is 7.24. The number of nitrogens with zero attached hydrogens (tertiary/aromatic N) is 2. The number of aliphatic hydroxyl groups is 1. The van der Waals surface area contributed by atoms with Crippen molar-refractivity contribution in [2.75, 3.05) is 6.61 Å². The van der Waals surface area contributed by atoms with E-state index in [1.807, 2.05) is 12.4 Å². The zero-order chi connectivity index (χ0) is 12.6. The number of rotatable bonds is 5. The number of nitrogens with one attached hydrogen (secondary N) is 1. The zero-order valence-corrected chi connectivity index (χ0v) is 11.1. The minimum atomic E-state index is 0.150. The lowest BCUT2D eigenvalue weighted by molar-refractivity contribution is 0.269. The summed E-state index contributed by atoms with van der Waals surface area (Å²) in [4.78, 5) is 0. The molecule has 1 fully saturated rings. The van der Waals surface area contributed by atoms with Crippen LogP contribution in [0.4, 0.5) is 0 Å². The van der Waals surface area contributed by atoms with Gasteiger partial charge in [0.05, 0.1) is 19.3 Å². The molecule has 0 aliphatic heterocycles. The molecule has 0 amide bonds. The van der Waals surface area contributed by atoms with Gasteiger partial charge in [-0.2, -0.15) is 5.10 Å². The Morgan fingerprint density at radius 2 is 1.94 bits per heavy atom. The van der Waals surface area contributed by atoms with Crippen LogP contribution in [-0.4, -0.2) is 27.5 Å². The quantitative estimate of drug-likeness (QED) is 0.842. The molecular weight excluding hydrogens is 226 g/mol. The van der Waals surface area contributed by atoms with Crippen molar-refractivity contribution in [2.24, 2.45) is 0 Å². The van der Waals surface area contributed by atoms with Crippen molar-refractivity contribution < 1.29 is 5.11 Å². The Balaban J connectivity index is 1.74. The highest BCUT2D eigenvalue weighted by Gasteiger charge is 2.10. The minimum Gasteiger partial charge on any atom is -0.394 e. The van der Waals surface area contributed by atoms with Gasteiger partial charge >= 0.3 is 0 Å². The van der Waals surface area contributed by atoms with Gasteiger partial charge in [0.25, 0.3) is 0 Å². The van der Waals surface area contributed by atoms with Crippen LogP contribution in [-0.2, 0) is 13.1 Å². The Labute approximate surface area is 109 Å². The average molecular weight is 251 g/mol. The predicted molar refractivity (Wildman–Crippen MR) is 72.3 cm³/mol. The van der Waals surface area contributed by atoms with Crippen LogP contribution >= 0.6 is 0 Å². The van der Waals surface area contributed by atoms with Crippen LogP contribution in [0.3, 0.4) is 0 Å². The Hall–Kier alpha value is -0.870. The molecule has 1 aromatic rings. The van der Waals surface area contributed by atoms with Gasteiger partial charge in [-0.25, -0.2) is 0 Å². The van der Waals surface area contributed by atoms with Crippen molar-refractivity contribution in [1.29, 1.82) is 0 Å². The van der Waals surface area contributed by atoms with Gasteiger partial charge in [0.2, 0.25) is 0 Å². The molecule has 0 atom stereocenters. The largest absolute Gasteiger partial charge is 0.394 e. The van der Waals surface area contributed by atoms with Crippen LogP contribution in [0.1, 0.15) is 50.5 Å². The van der Waals surface area contributed by atoms with Crippen LogP contribution in [0.2, 0.25) is 0 Å². The van der Waals surface area contributed by atoms with Gasteiger partial charge in [0.15, 0.2) is 0 Å². The van der Waals surface area contributed by atoms with E-state index in [4.69, 9.17) is 5.11 Å². The van der Waals surface area contributed by atoms with Crippen LogP contribution in [0.25, 0.3) is 0 Å². The molecule has 1 aliphatic rings. The molecule has 18 heavy (non-hydrogen) atoms. The van der Waals surface area contributed by atoms with Crippen molar-refractivity contribution in [2.45, 2.75) is 64.1 Å². The summed E-state index contributed by atoms with van der Waals surface area (Å²) in [6.45, 7) is 1.64. The van der Waals surface area contributed by atoms with Gasteiger partial charge in [-0.05, 0) is 12.8 Å². The lowest BCUT2D eigenvalue weighted by Gasteiger charge is -2.20. The van der Waals surface area contributed by atoms with Crippen molar-refractivity contribution in [3.05, 3.63) is 18.0 Å². The molecule has 0 unspecified atom stereocenters. The third-order valence-electron chi connectivity index (χ3n) is 3.72. The first-order chi connectivity index (χ1) is 8.88. The predicted octanol–water partition coefficient (Wildman–Crippen LogP) is 2.08. The molecule has 0 aromatic carbocycles. The molecule has 1 aliphatic carbocycles. The van der Waals surface area contributed by atoms with Gasteiger partial charge in [-0.15, -0.1) is 0 Å². The maximum absolute atomic E-state index is 8.84. The third-order valence-corrected chi connectivity index (χ3v) is 3.72. The summed E-state index contributed by atoms with van der Waals surface area (Å²) in [5, 5.41) is 16.7. The van der Waals surface area contributed by atoms with Crippen LogP contribution < -0.4 is 5.32 Å². The molecule has 102 valence electrons. The van der Waals surface area contributed by atoms with E-state index in [9.17, 15) is 0 Å². The van der Waals surface area contributed by atoms with Gasteiger partial charge in [0, 0.05) is 24.3 Å². The summed E-state index contributed by atoms with van der Waals surface area (Å²) >= 11 is 0. The Kier molecular flexibility index (Phi) is 5.68. The molecule has 2 N–H and O–H groups in total. The van der Waals surface area contributed by atoms with Gasteiger partial charge < -0.3 is 10.4 Å². The van der Waals surface area contributed by atoms with Crippen LogP contribution in [0.5, 0.6) is 0 Å². The molecule has 1 heterocycles. The topological polar surface area (TPSA) is 50.1 Å². The third kappa shape index (κ3) is 4.42. The summed E-state index contributed by atoms with van der Waals surface area (Å²) in [6.07, 6.45) is 13.5. The van der Waals surface area contributed by atoms with Crippen LogP contribution in [0, 0.1) is 0 Å². The van der Waals surface area contributed by atoms with Gasteiger partial charge in [0.1, 0.15) is 0 Å². The maximum Gasteiger partial charge on any atom is 0.0640 e. The van der Waals surface area contributed by atoms with E-state index >= 15 is 0 Å². The average Bonchev–Trinajstić information content (AvgIpc) is 2.76. The summed E-state index contributed by atoms with van der Waals surface area (Å²) in [7, 11) is 0. The zero-order valence-electron chi connectivity index (χ0n) is 11.1. The summed E-state index contributed by atoms with van der Waals surface area (Å²) < 4.78 is 1.80. The number of aliphatic hydroxyl groups excluding tert-OH is 1. The SMILES string of the molecule is OCCn1cc(CNC2CCCCCCC2)cn1. The highest BCUT2D eigenvalue weighted by atomic mass is 16.3. The minimum absolute atomic E-state index is 0.150. The fraction of sp³-hybridized carbons (Fsp3) is 0.786. The second-order valence-electron chi connectivity index (χ2n) is 5.26. The van der Waals surface area contributed by atoms with E-state index in [1.54, 1.807) is 4.68 Å². The van der Waals surface area contributed by atoms with Gasteiger partial charge in [-0.3, -0.25) is 4.68 Å². The summed E-state index contributed by atoms with van der Waals surface area (Å²) in [6, 6.07) is 0.673. The van der Waals surface area contributed by atoms with E-state index in [0.717, 1.165) is 6.54 Å². The highest BCUT2D eigenvalue weighted by Crippen LogP contribution is 2.17. The Morgan fingerprint density at radius 3 is 2.67 bits per heavy atom. The van der Waals surface area contributed by atoms with Crippen molar-refractivity contribution in [1.82, 2.24) is 15.1 Å². The Bertz CT molecular complexity index is 330. The molecule has 0 saturated heterocycles. The molecule has 4 nitrogen and oxygen atoms in total. The highest BCUT2D eigenvalue weighted by molar-refractivity contribution is 5.03. The van der Waals surface area contributed by atoms with E-state index in [0.29, 0.717) is 12.6 Å². The van der Waals surface area contributed by atoms with Crippen molar-refractivity contribution >= 4 is 0 Å². The van der Waals surface area contributed by atoms with E-state index in [2.05, 4.69) is 10.4 Å². The van der Waals surface area contributed by atoms with Crippen molar-refractivity contribution in [3.63, 3.8) is 0 Å². The smallest absolute Gasteiger partial charge is 0.0640 e. The van der Waals surface area contributed by atoms with E-state index in [-0.39, 0.29) is 6.61 Å².